The first-order valence-electron chi connectivity index (χ1n) is 10.1. The van der Waals surface area contributed by atoms with E-state index in [1.807, 2.05) is 17.0 Å². The number of para-hydroxylation sites is 1. The molecule has 0 aliphatic carbocycles. The molecule has 1 heterocycles. The van der Waals surface area contributed by atoms with E-state index in [2.05, 4.69) is 5.32 Å². The maximum atomic E-state index is 12.6. The molecule has 1 saturated heterocycles. The van der Waals surface area contributed by atoms with Crippen molar-refractivity contribution in [3.8, 4) is 11.5 Å². The summed E-state index contributed by atoms with van der Waals surface area (Å²) in [6, 6.07) is 10.6. The maximum absolute atomic E-state index is 12.6. The Morgan fingerprint density at radius 1 is 1.03 bits per heavy atom. The van der Waals surface area contributed by atoms with Gasteiger partial charge in [-0.15, -0.1) is 0 Å². The molecule has 2 aromatic rings. The van der Waals surface area contributed by atoms with Crippen molar-refractivity contribution in [3.63, 3.8) is 0 Å². The molecule has 0 atom stereocenters. The molecule has 0 aromatic heterocycles. The summed E-state index contributed by atoms with van der Waals surface area (Å²) >= 11 is 12.3. The fraction of sp³-hybridized carbons (Fsp3) is 0.304. The van der Waals surface area contributed by atoms with Gasteiger partial charge in [-0.05, 0) is 35.9 Å². The number of ether oxygens (including phenoxy) is 2. The lowest BCUT2D eigenvalue weighted by molar-refractivity contribution is -0.127. The van der Waals surface area contributed by atoms with Crippen molar-refractivity contribution in [1.29, 1.82) is 0 Å². The van der Waals surface area contributed by atoms with E-state index in [0.717, 1.165) is 5.56 Å². The minimum absolute atomic E-state index is 0.101. The Balaban J connectivity index is 1.51. The average Bonchev–Trinajstić information content (AvgIpc) is 2.79. The third-order valence-corrected chi connectivity index (χ3v) is 5.68. The van der Waals surface area contributed by atoms with Crippen LogP contribution in [0, 0.1) is 0 Å². The summed E-state index contributed by atoms with van der Waals surface area (Å²) < 4.78 is 10.5. The number of nitrogens with one attached hydrogen (secondary N) is 1. The van der Waals surface area contributed by atoms with Crippen molar-refractivity contribution in [3.05, 3.63) is 58.1 Å². The van der Waals surface area contributed by atoms with Crippen molar-refractivity contribution < 1.29 is 19.1 Å². The minimum atomic E-state index is -0.136. The highest BCUT2D eigenvalue weighted by atomic mass is 35.5. The quantitative estimate of drug-likeness (QED) is 0.613. The number of carbonyl (C=O) groups excluding carboxylic acids is 2. The van der Waals surface area contributed by atoms with Gasteiger partial charge in [0.1, 0.15) is 0 Å². The number of piperazine rings is 1. The summed E-state index contributed by atoms with van der Waals surface area (Å²) in [5.41, 5.74) is 1.32. The van der Waals surface area contributed by atoms with Crippen molar-refractivity contribution in [2.45, 2.75) is 0 Å². The van der Waals surface area contributed by atoms with E-state index < -0.39 is 0 Å². The highest BCUT2D eigenvalue weighted by Gasteiger charge is 2.21. The topological polar surface area (TPSA) is 71.1 Å². The van der Waals surface area contributed by atoms with Gasteiger partial charge in [0.2, 0.25) is 11.8 Å². The van der Waals surface area contributed by atoms with Gasteiger partial charge in [0.05, 0.1) is 36.5 Å². The maximum Gasteiger partial charge on any atom is 0.246 e. The zero-order chi connectivity index (χ0) is 23.1. The van der Waals surface area contributed by atoms with Crippen LogP contribution in [0.3, 0.4) is 0 Å². The molecule has 1 aliphatic rings. The lowest BCUT2D eigenvalue weighted by atomic mass is 10.1. The van der Waals surface area contributed by atoms with E-state index in [9.17, 15) is 9.59 Å². The number of hydrogen-bond donors (Lipinski definition) is 1. The van der Waals surface area contributed by atoms with Gasteiger partial charge in [0, 0.05) is 32.3 Å². The molecule has 1 aliphatic heterocycles. The van der Waals surface area contributed by atoms with Crippen molar-refractivity contribution in [2.24, 2.45) is 0 Å². The monoisotopic (exact) mass is 477 g/mol. The molecule has 0 saturated carbocycles. The number of hydrogen-bond acceptors (Lipinski definition) is 5. The smallest absolute Gasteiger partial charge is 0.246 e. The molecule has 2 amide bonds. The number of rotatable bonds is 7. The zero-order valence-electron chi connectivity index (χ0n) is 17.9. The van der Waals surface area contributed by atoms with Crippen LogP contribution in [0.25, 0.3) is 6.08 Å². The Bertz CT molecular complexity index is 1000. The summed E-state index contributed by atoms with van der Waals surface area (Å²) in [6.45, 7) is 2.53. The van der Waals surface area contributed by atoms with Gasteiger partial charge in [0.15, 0.2) is 11.5 Å². The van der Waals surface area contributed by atoms with Crippen LogP contribution >= 0.6 is 23.2 Å². The minimum Gasteiger partial charge on any atom is -0.493 e. The molecule has 32 heavy (non-hydrogen) atoms. The summed E-state index contributed by atoms with van der Waals surface area (Å²) in [6.07, 6.45) is 3.21. The summed E-state index contributed by atoms with van der Waals surface area (Å²) in [7, 11) is 3.05. The molecular weight excluding hydrogens is 453 g/mol. The fourth-order valence-corrected chi connectivity index (χ4v) is 3.87. The largest absolute Gasteiger partial charge is 0.493 e. The second-order valence-electron chi connectivity index (χ2n) is 7.20. The Hall–Kier alpha value is -2.74. The molecule has 2 aromatic carbocycles. The highest BCUT2D eigenvalue weighted by molar-refractivity contribution is 6.33. The fourth-order valence-electron chi connectivity index (χ4n) is 3.39. The van der Waals surface area contributed by atoms with Crippen LogP contribution in [0.2, 0.25) is 10.0 Å². The average molecular weight is 478 g/mol. The number of benzene rings is 2. The summed E-state index contributed by atoms with van der Waals surface area (Å²) in [5.74, 6) is 0.710. The van der Waals surface area contributed by atoms with Crippen LogP contribution in [-0.2, 0) is 9.59 Å². The standard InChI is InChI=1S/C23H25Cl2N3O4/c1-31-20-14-16(13-18(25)23(20)32-2)7-8-22(30)28-11-9-27(10-12-28)15-21(29)26-19-6-4-3-5-17(19)24/h3-8,13-14H,9-12,15H2,1-2H3,(H,26,29)/b8-7+. The Morgan fingerprint density at radius 3 is 2.41 bits per heavy atom. The molecule has 0 unspecified atom stereocenters. The molecule has 1 fully saturated rings. The second-order valence-corrected chi connectivity index (χ2v) is 8.02. The molecule has 0 spiro atoms. The zero-order valence-corrected chi connectivity index (χ0v) is 19.4. The van der Waals surface area contributed by atoms with Crippen LogP contribution < -0.4 is 14.8 Å². The molecule has 170 valence electrons. The van der Waals surface area contributed by atoms with Crippen LogP contribution in [0.15, 0.2) is 42.5 Å². The van der Waals surface area contributed by atoms with Gasteiger partial charge in [0.25, 0.3) is 0 Å². The SMILES string of the molecule is COc1cc(/C=C/C(=O)N2CCN(CC(=O)Nc3ccccc3Cl)CC2)cc(Cl)c1OC. The van der Waals surface area contributed by atoms with Gasteiger partial charge in [-0.1, -0.05) is 35.3 Å². The summed E-state index contributed by atoms with van der Waals surface area (Å²) in [4.78, 5) is 28.6. The van der Waals surface area contributed by atoms with Gasteiger partial charge in [-0.25, -0.2) is 0 Å². The predicted molar refractivity (Wildman–Crippen MR) is 127 cm³/mol. The molecule has 3 rings (SSSR count). The number of amides is 2. The second kappa shape index (κ2) is 11.2. The van der Waals surface area contributed by atoms with Gasteiger partial charge in [-0.3, -0.25) is 14.5 Å². The van der Waals surface area contributed by atoms with Gasteiger partial charge < -0.3 is 19.7 Å². The first kappa shape index (κ1) is 23.9. The Kier molecular flexibility index (Phi) is 8.39. The van der Waals surface area contributed by atoms with Crippen molar-refractivity contribution in [2.75, 3.05) is 52.3 Å². The first-order valence-corrected chi connectivity index (χ1v) is 10.8. The van der Waals surface area contributed by atoms with Crippen LogP contribution in [-0.4, -0.2) is 68.6 Å². The van der Waals surface area contributed by atoms with E-state index in [4.69, 9.17) is 32.7 Å². The lowest BCUT2D eigenvalue weighted by Gasteiger charge is -2.33. The third-order valence-electron chi connectivity index (χ3n) is 5.07. The van der Waals surface area contributed by atoms with Crippen LogP contribution in [0.5, 0.6) is 11.5 Å². The van der Waals surface area contributed by atoms with E-state index in [1.165, 1.54) is 20.3 Å². The number of anilines is 1. The van der Waals surface area contributed by atoms with E-state index in [0.29, 0.717) is 53.4 Å². The van der Waals surface area contributed by atoms with E-state index >= 15 is 0 Å². The van der Waals surface area contributed by atoms with E-state index in [-0.39, 0.29) is 18.4 Å². The summed E-state index contributed by atoms with van der Waals surface area (Å²) in [5, 5.41) is 3.72. The van der Waals surface area contributed by atoms with Crippen molar-refractivity contribution in [1.82, 2.24) is 9.80 Å². The van der Waals surface area contributed by atoms with Crippen molar-refractivity contribution >= 4 is 46.8 Å². The molecule has 0 radical (unpaired) electrons. The Morgan fingerprint density at radius 2 is 1.75 bits per heavy atom. The van der Waals surface area contributed by atoms with Gasteiger partial charge >= 0.3 is 0 Å². The van der Waals surface area contributed by atoms with Crippen LogP contribution in [0.4, 0.5) is 5.69 Å². The first-order chi connectivity index (χ1) is 15.4. The number of halogens is 2. The Labute approximate surface area is 197 Å². The molecular formula is C23H25Cl2N3O4. The lowest BCUT2D eigenvalue weighted by Crippen LogP contribution is -2.50. The molecule has 1 N–H and O–H groups in total. The normalized spacial score (nSPS) is 14.4. The number of methoxy groups -OCH3 is 2. The number of carbonyl (C=O) groups is 2. The number of nitrogens with zero attached hydrogens (tertiary/aromatic N) is 2. The molecule has 7 nitrogen and oxygen atoms in total. The van der Waals surface area contributed by atoms with Crippen LogP contribution in [0.1, 0.15) is 5.56 Å². The highest BCUT2D eigenvalue weighted by Crippen LogP contribution is 2.36. The predicted octanol–water partition coefficient (Wildman–Crippen LogP) is 3.81. The van der Waals surface area contributed by atoms with E-state index in [1.54, 1.807) is 35.2 Å². The molecule has 0 bridgehead atoms. The molecule has 9 heteroatoms. The third kappa shape index (κ3) is 6.16. The van der Waals surface area contributed by atoms with Gasteiger partial charge in [-0.2, -0.15) is 0 Å².